The zero-order chi connectivity index (χ0) is 21.7. The van der Waals surface area contributed by atoms with Gasteiger partial charge in [0.25, 0.3) is 0 Å². The van der Waals surface area contributed by atoms with Gasteiger partial charge in [-0.25, -0.2) is 9.59 Å². The first-order valence-corrected chi connectivity index (χ1v) is 10.0. The first-order valence-electron chi connectivity index (χ1n) is 10.0. The molecule has 158 valence electrons. The molecule has 2 aromatic rings. The summed E-state index contributed by atoms with van der Waals surface area (Å²) in [7, 11) is 0. The minimum Gasteiger partial charge on any atom is -0.444 e. The molecule has 0 unspecified atom stereocenters. The van der Waals surface area contributed by atoms with Crippen LogP contribution < -0.4 is 9.80 Å². The zero-order valence-corrected chi connectivity index (χ0v) is 17.8. The summed E-state index contributed by atoms with van der Waals surface area (Å²) in [6.07, 6.45) is 1.53. The average molecular weight is 408 g/mol. The molecule has 0 aromatic heterocycles. The van der Waals surface area contributed by atoms with Crippen LogP contribution in [0.5, 0.6) is 0 Å². The quantitative estimate of drug-likeness (QED) is 0.629. The van der Waals surface area contributed by atoms with Gasteiger partial charge in [0.2, 0.25) is 0 Å². The fourth-order valence-electron chi connectivity index (χ4n) is 3.25. The first-order chi connectivity index (χ1) is 14.3. The second-order valence-corrected chi connectivity index (χ2v) is 8.13. The smallest absolute Gasteiger partial charge is 0.414 e. The molecule has 0 fully saturated rings. The molecule has 1 aliphatic rings. The Morgan fingerprint density at radius 3 is 2.57 bits per heavy atom. The maximum atomic E-state index is 12.8. The molecule has 0 aliphatic carbocycles. The van der Waals surface area contributed by atoms with Crippen molar-refractivity contribution in [3.05, 3.63) is 72.3 Å². The van der Waals surface area contributed by atoms with Crippen LogP contribution in [-0.4, -0.2) is 30.9 Å². The Morgan fingerprint density at radius 2 is 1.90 bits per heavy atom. The van der Waals surface area contributed by atoms with Crippen LogP contribution in [0.3, 0.4) is 0 Å². The van der Waals surface area contributed by atoms with Crippen LogP contribution in [0.15, 0.2) is 61.2 Å². The highest BCUT2D eigenvalue weighted by Gasteiger charge is 2.30. The maximum absolute atomic E-state index is 12.8. The highest BCUT2D eigenvalue weighted by molar-refractivity contribution is 5.94. The molecule has 0 radical (unpaired) electrons. The molecule has 1 aliphatic heterocycles. The van der Waals surface area contributed by atoms with Crippen molar-refractivity contribution in [1.29, 1.82) is 0 Å². The molecule has 0 N–H and O–H groups in total. The summed E-state index contributed by atoms with van der Waals surface area (Å²) in [6, 6.07) is 15.2. The Hall–Kier alpha value is -3.28. The van der Waals surface area contributed by atoms with Gasteiger partial charge in [-0.1, -0.05) is 42.5 Å². The number of carbonyl (C=O) groups is 2. The van der Waals surface area contributed by atoms with Crippen LogP contribution in [0.1, 0.15) is 31.9 Å². The van der Waals surface area contributed by atoms with Crippen molar-refractivity contribution in [3.63, 3.8) is 0 Å². The molecule has 6 heteroatoms. The second-order valence-electron chi connectivity index (χ2n) is 8.13. The Morgan fingerprint density at radius 1 is 1.17 bits per heavy atom. The molecular weight excluding hydrogens is 380 g/mol. The summed E-state index contributed by atoms with van der Waals surface area (Å²) in [6.45, 7) is 10.3. The molecule has 2 amide bonds. The number of carbonyl (C=O) groups excluding carboxylic acids is 2. The van der Waals surface area contributed by atoms with Crippen molar-refractivity contribution in [3.8, 4) is 0 Å². The van der Waals surface area contributed by atoms with E-state index in [0.29, 0.717) is 18.8 Å². The van der Waals surface area contributed by atoms with Crippen molar-refractivity contribution in [1.82, 2.24) is 0 Å². The van der Waals surface area contributed by atoms with Gasteiger partial charge in [0.1, 0.15) is 12.2 Å². The third-order valence-corrected chi connectivity index (χ3v) is 4.63. The number of hydrogen-bond donors (Lipinski definition) is 0. The molecule has 1 heterocycles. The van der Waals surface area contributed by atoms with Crippen LogP contribution in [0.25, 0.3) is 0 Å². The lowest BCUT2D eigenvalue weighted by Crippen LogP contribution is -2.36. The van der Waals surface area contributed by atoms with E-state index in [4.69, 9.17) is 9.47 Å². The fraction of sp³-hybridized carbons (Fsp3) is 0.333. The number of anilines is 2. The lowest BCUT2D eigenvalue weighted by molar-refractivity contribution is 0.0584. The summed E-state index contributed by atoms with van der Waals surface area (Å²) >= 11 is 0. The Kier molecular flexibility index (Phi) is 6.45. The van der Waals surface area contributed by atoms with Gasteiger partial charge in [-0.15, -0.1) is 6.58 Å². The van der Waals surface area contributed by atoms with E-state index in [1.54, 1.807) is 11.0 Å². The maximum Gasteiger partial charge on any atom is 0.414 e. The topological polar surface area (TPSA) is 59.1 Å². The summed E-state index contributed by atoms with van der Waals surface area (Å²) in [4.78, 5) is 28.5. The Balaban J connectivity index is 1.79. The highest BCUT2D eigenvalue weighted by Crippen LogP contribution is 2.33. The van der Waals surface area contributed by atoms with Crippen molar-refractivity contribution in [2.24, 2.45) is 0 Å². The number of amides is 2. The van der Waals surface area contributed by atoms with Crippen LogP contribution in [0.4, 0.5) is 21.0 Å². The number of fused-ring (bicyclic) bond motifs is 1. The predicted molar refractivity (Wildman–Crippen MR) is 118 cm³/mol. The van der Waals surface area contributed by atoms with Gasteiger partial charge in [-0.2, -0.15) is 0 Å². The number of ether oxygens (including phenoxy) is 2. The highest BCUT2D eigenvalue weighted by atomic mass is 16.6. The molecule has 6 nitrogen and oxygen atoms in total. The normalized spacial score (nSPS) is 12.8. The largest absolute Gasteiger partial charge is 0.444 e. The monoisotopic (exact) mass is 408 g/mol. The SMILES string of the molecule is C=CCN(C(=O)OCc1ccccc1)c1ccc2c(c1)N(C(=O)OC(C)(C)C)CC2. The molecule has 0 atom stereocenters. The van der Waals surface area contributed by atoms with Crippen molar-refractivity contribution in [2.75, 3.05) is 22.9 Å². The molecule has 0 spiro atoms. The van der Waals surface area contributed by atoms with E-state index in [1.165, 1.54) is 4.90 Å². The summed E-state index contributed by atoms with van der Waals surface area (Å²) in [5.41, 5.74) is 2.78. The minimum atomic E-state index is -0.576. The minimum absolute atomic E-state index is 0.183. The molecule has 0 saturated heterocycles. The van der Waals surface area contributed by atoms with Crippen molar-refractivity contribution in [2.45, 2.75) is 39.4 Å². The molecule has 0 bridgehead atoms. The summed E-state index contributed by atoms with van der Waals surface area (Å²) < 4.78 is 11.0. The Labute approximate surface area is 177 Å². The summed E-state index contributed by atoms with van der Waals surface area (Å²) in [5.74, 6) is 0. The van der Waals surface area contributed by atoms with Gasteiger partial charge in [0.05, 0.1) is 5.69 Å². The van der Waals surface area contributed by atoms with Gasteiger partial charge < -0.3 is 9.47 Å². The summed E-state index contributed by atoms with van der Waals surface area (Å²) in [5, 5.41) is 0. The lowest BCUT2D eigenvalue weighted by atomic mass is 10.1. The lowest BCUT2D eigenvalue weighted by Gasteiger charge is -2.26. The van der Waals surface area contributed by atoms with E-state index in [0.717, 1.165) is 23.2 Å². The van der Waals surface area contributed by atoms with Crippen LogP contribution in [0.2, 0.25) is 0 Å². The van der Waals surface area contributed by atoms with E-state index in [-0.39, 0.29) is 12.7 Å². The van der Waals surface area contributed by atoms with E-state index < -0.39 is 11.7 Å². The van der Waals surface area contributed by atoms with Crippen molar-refractivity contribution >= 4 is 23.6 Å². The third kappa shape index (κ3) is 5.20. The van der Waals surface area contributed by atoms with Gasteiger partial charge in [0.15, 0.2) is 0 Å². The third-order valence-electron chi connectivity index (χ3n) is 4.63. The fourth-order valence-corrected chi connectivity index (χ4v) is 3.25. The van der Waals surface area contributed by atoms with E-state index >= 15 is 0 Å². The molecule has 3 rings (SSSR count). The van der Waals surface area contributed by atoms with Gasteiger partial charge in [0, 0.05) is 18.8 Å². The van der Waals surface area contributed by atoms with Crippen molar-refractivity contribution < 1.29 is 19.1 Å². The standard InChI is InChI=1S/C24H28N2O4/c1-5-14-25(22(27)29-17-18-9-7-6-8-10-18)20-12-11-19-13-15-26(21(19)16-20)23(28)30-24(2,3)4/h5-12,16H,1,13-15,17H2,2-4H3. The number of benzene rings is 2. The van der Waals surface area contributed by atoms with Gasteiger partial charge in [-0.3, -0.25) is 9.80 Å². The average Bonchev–Trinajstić information content (AvgIpc) is 3.13. The molecular formula is C24H28N2O4. The van der Waals surface area contributed by atoms with Gasteiger partial charge >= 0.3 is 12.2 Å². The molecule has 0 saturated carbocycles. The zero-order valence-electron chi connectivity index (χ0n) is 17.8. The van der Waals surface area contributed by atoms with Gasteiger partial charge in [-0.05, 0) is 50.5 Å². The predicted octanol–water partition coefficient (Wildman–Crippen LogP) is 5.31. The first kappa shape index (κ1) is 21.4. The van der Waals surface area contributed by atoms with Crippen LogP contribution in [-0.2, 0) is 22.5 Å². The van der Waals surface area contributed by atoms with Crippen LogP contribution >= 0.6 is 0 Å². The molecule has 2 aromatic carbocycles. The molecule has 30 heavy (non-hydrogen) atoms. The second kappa shape index (κ2) is 9.03. The van der Waals surface area contributed by atoms with Crippen LogP contribution in [0, 0.1) is 0 Å². The Bertz CT molecular complexity index is 919. The number of rotatable bonds is 5. The number of hydrogen-bond acceptors (Lipinski definition) is 4. The van der Waals surface area contributed by atoms with E-state index in [9.17, 15) is 9.59 Å². The van der Waals surface area contributed by atoms with E-state index in [1.807, 2.05) is 69.3 Å². The van der Waals surface area contributed by atoms with E-state index in [2.05, 4.69) is 6.58 Å². The number of nitrogens with zero attached hydrogens (tertiary/aromatic N) is 2.